The summed E-state index contributed by atoms with van der Waals surface area (Å²) in [4.78, 5) is 3.86. The van der Waals surface area contributed by atoms with E-state index in [-0.39, 0.29) is 24.7 Å². The maximum atomic E-state index is 12.5. The number of halogens is 4. The molecule has 6 nitrogen and oxygen atoms in total. The number of alkyl halides is 3. The van der Waals surface area contributed by atoms with Crippen LogP contribution in [0.4, 0.5) is 13.2 Å². The lowest BCUT2D eigenvalue weighted by molar-refractivity contribution is -0.143. The lowest BCUT2D eigenvalue weighted by Gasteiger charge is -2.15. The molecule has 2 rings (SSSR count). The van der Waals surface area contributed by atoms with Crippen LogP contribution in [0, 0.1) is 0 Å². The molecule has 0 spiro atoms. The van der Waals surface area contributed by atoms with Crippen molar-refractivity contribution in [2.45, 2.75) is 25.2 Å². The fraction of sp³-hybridized carbons (Fsp3) is 0.429. The van der Waals surface area contributed by atoms with Gasteiger partial charge in [0.15, 0.2) is 11.5 Å². The van der Waals surface area contributed by atoms with Gasteiger partial charge in [0, 0.05) is 12.5 Å². The maximum absolute atomic E-state index is 12.5. The van der Waals surface area contributed by atoms with E-state index in [0.29, 0.717) is 17.1 Å². The number of nitrogens with zero attached hydrogens (tertiary/aromatic N) is 3. The maximum Gasteiger partial charge on any atom is 0.408 e. The van der Waals surface area contributed by atoms with E-state index in [1.807, 2.05) is 0 Å². The summed E-state index contributed by atoms with van der Waals surface area (Å²) in [5, 5.41) is 3.59. The van der Waals surface area contributed by atoms with Crippen LogP contribution >= 0.6 is 12.4 Å². The van der Waals surface area contributed by atoms with Gasteiger partial charge in [-0.15, -0.1) is 12.4 Å². The van der Waals surface area contributed by atoms with Crippen LogP contribution in [0.3, 0.4) is 0 Å². The highest BCUT2D eigenvalue weighted by Gasteiger charge is 2.30. The van der Waals surface area contributed by atoms with Crippen LogP contribution in [0.2, 0.25) is 0 Å². The second kappa shape index (κ2) is 8.20. The zero-order valence-corrected chi connectivity index (χ0v) is 13.9. The van der Waals surface area contributed by atoms with E-state index in [2.05, 4.69) is 10.1 Å². The van der Waals surface area contributed by atoms with E-state index < -0.39 is 18.8 Å². The van der Waals surface area contributed by atoms with E-state index in [9.17, 15) is 13.2 Å². The summed E-state index contributed by atoms with van der Waals surface area (Å²) in [6.07, 6.45) is -3.16. The SMILES string of the molecule is COc1ccc(C(N)Cc2ncnn2CC(F)(F)F)cc1OC.Cl. The molecule has 1 unspecified atom stereocenters. The fourth-order valence-corrected chi connectivity index (χ4v) is 2.15. The summed E-state index contributed by atoms with van der Waals surface area (Å²) in [6, 6.07) is 4.56. The second-order valence-electron chi connectivity index (χ2n) is 4.87. The smallest absolute Gasteiger partial charge is 0.408 e. The predicted molar refractivity (Wildman–Crippen MR) is 83.5 cm³/mol. The van der Waals surface area contributed by atoms with Crippen molar-refractivity contribution >= 4 is 12.4 Å². The minimum Gasteiger partial charge on any atom is -0.493 e. The molecular formula is C14H18ClF3N4O2. The Morgan fingerprint density at radius 1 is 1.21 bits per heavy atom. The number of hydrogen-bond donors (Lipinski definition) is 1. The highest BCUT2D eigenvalue weighted by Crippen LogP contribution is 2.30. The molecule has 1 atom stereocenters. The molecular weight excluding hydrogens is 349 g/mol. The zero-order valence-electron chi connectivity index (χ0n) is 13.1. The highest BCUT2D eigenvalue weighted by atomic mass is 35.5. The standard InChI is InChI=1S/C14H17F3N4O2.ClH/c1-22-11-4-3-9(5-12(11)23-2)10(18)6-13-19-8-20-21(13)7-14(15,16)17;/h3-5,8,10H,6-7,18H2,1-2H3;1H. The second-order valence-corrected chi connectivity index (χ2v) is 4.87. The molecule has 0 bridgehead atoms. The minimum atomic E-state index is -4.37. The lowest BCUT2D eigenvalue weighted by atomic mass is 10.0. The summed E-state index contributed by atoms with van der Waals surface area (Å²) in [5.41, 5.74) is 6.77. The summed E-state index contributed by atoms with van der Waals surface area (Å²) in [6.45, 7) is -1.19. The molecule has 0 saturated carbocycles. The van der Waals surface area contributed by atoms with Crippen LogP contribution in [0.5, 0.6) is 11.5 Å². The Morgan fingerprint density at radius 3 is 2.46 bits per heavy atom. The first-order valence-electron chi connectivity index (χ1n) is 6.75. The molecule has 0 aliphatic rings. The number of methoxy groups -OCH3 is 2. The number of rotatable bonds is 6. The topological polar surface area (TPSA) is 75.2 Å². The van der Waals surface area contributed by atoms with Gasteiger partial charge in [-0.1, -0.05) is 6.07 Å². The Morgan fingerprint density at radius 2 is 1.88 bits per heavy atom. The molecule has 10 heteroatoms. The van der Waals surface area contributed by atoms with Gasteiger partial charge in [-0.3, -0.25) is 0 Å². The van der Waals surface area contributed by atoms with Gasteiger partial charge < -0.3 is 15.2 Å². The third-order valence-electron chi connectivity index (χ3n) is 3.26. The Bertz CT molecular complexity index is 664. The van der Waals surface area contributed by atoms with Crippen molar-refractivity contribution in [3.63, 3.8) is 0 Å². The molecule has 0 radical (unpaired) electrons. The van der Waals surface area contributed by atoms with Crippen LogP contribution in [0.25, 0.3) is 0 Å². The molecule has 0 amide bonds. The molecule has 0 saturated heterocycles. The molecule has 2 aromatic rings. The molecule has 0 fully saturated rings. The zero-order chi connectivity index (χ0) is 17.0. The fourth-order valence-electron chi connectivity index (χ4n) is 2.15. The van der Waals surface area contributed by atoms with Gasteiger partial charge in [0.1, 0.15) is 18.7 Å². The van der Waals surface area contributed by atoms with Crippen LogP contribution < -0.4 is 15.2 Å². The van der Waals surface area contributed by atoms with Crippen molar-refractivity contribution in [3.8, 4) is 11.5 Å². The summed E-state index contributed by atoms with van der Waals surface area (Å²) < 4.78 is 48.6. The van der Waals surface area contributed by atoms with Gasteiger partial charge in [-0.25, -0.2) is 9.67 Å². The third-order valence-corrected chi connectivity index (χ3v) is 3.26. The average Bonchev–Trinajstić information content (AvgIpc) is 2.91. The minimum absolute atomic E-state index is 0. The van der Waals surface area contributed by atoms with Gasteiger partial charge in [0.25, 0.3) is 0 Å². The van der Waals surface area contributed by atoms with E-state index >= 15 is 0 Å². The van der Waals surface area contributed by atoms with Crippen LogP contribution in [-0.2, 0) is 13.0 Å². The number of ether oxygens (including phenoxy) is 2. The van der Waals surface area contributed by atoms with Gasteiger partial charge in [-0.2, -0.15) is 18.3 Å². The molecule has 134 valence electrons. The van der Waals surface area contributed by atoms with Crippen LogP contribution in [0.15, 0.2) is 24.5 Å². The number of benzene rings is 1. The van der Waals surface area contributed by atoms with Gasteiger partial charge in [0.2, 0.25) is 0 Å². The Labute approximate surface area is 143 Å². The first-order valence-corrected chi connectivity index (χ1v) is 6.75. The Hall–Kier alpha value is -2.00. The summed E-state index contributed by atoms with van der Waals surface area (Å²) in [7, 11) is 3.00. The van der Waals surface area contributed by atoms with E-state index in [4.69, 9.17) is 15.2 Å². The summed E-state index contributed by atoms with van der Waals surface area (Å²) >= 11 is 0. The lowest BCUT2D eigenvalue weighted by Crippen LogP contribution is -2.23. The van der Waals surface area contributed by atoms with Gasteiger partial charge >= 0.3 is 6.18 Å². The van der Waals surface area contributed by atoms with E-state index in [1.54, 1.807) is 18.2 Å². The third kappa shape index (κ3) is 5.00. The monoisotopic (exact) mass is 366 g/mol. The molecule has 0 aliphatic heterocycles. The number of nitrogens with two attached hydrogens (primary N) is 1. The first kappa shape index (κ1) is 20.0. The molecule has 1 heterocycles. The van der Waals surface area contributed by atoms with Crippen molar-refractivity contribution in [1.82, 2.24) is 14.8 Å². The first-order chi connectivity index (χ1) is 10.8. The largest absolute Gasteiger partial charge is 0.493 e. The normalized spacial score (nSPS) is 12.4. The quantitative estimate of drug-likeness (QED) is 0.850. The van der Waals surface area contributed by atoms with Crippen molar-refractivity contribution < 1.29 is 22.6 Å². The Kier molecular flexibility index (Phi) is 6.85. The number of aromatic nitrogens is 3. The van der Waals surface area contributed by atoms with Crippen molar-refractivity contribution in [3.05, 3.63) is 35.9 Å². The van der Waals surface area contributed by atoms with Crippen molar-refractivity contribution in [2.24, 2.45) is 5.73 Å². The predicted octanol–water partition coefficient (Wildman–Crippen LogP) is 2.52. The Balaban J connectivity index is 0.00000288. The van der Waals surface area contributed by atoms with Gasteiger partial charge in [-0.05, 0) is 17.7 Å². The summed E-state index contributed by atoms with van der Waals surface area (Å²) in [5.74, 6) is 1.21. The molecule has 0 aliphatic carbocycles. The molecule has 24 heavy (non-hydrogen) atoms. The van der Waals surface area contributed by atoms with Crippen molar-refractivity contribution in [1.29, 1.82) is 0 Å². The molecule has 1 aromatic heterocycles. The number of hydrogen-bond acceptors (Lipinski definition) is 5. The molecule has 1 aromatic carbocycles. The molecule has 2 N–H and O–H groups in total. The van der Waals surface area contributed by atoms with Crippen molar-refractivity contribution in [2.75, 3.05) is 14.2 Å². The highest BCUT2D eigenvalue weighted by molar-refractivity contribution is 5.85. The van der Waals surface area contributed by atoms with E-state index in [0.717, 1.165) is 11.0 Å². The van der Waals surface area contributed by atoms with Crippen LogP contribution in [-0.4, -0.2) is 35.2 Å². The van der Waals surface area contributed by atoms with Gasteiger partial charge in [0.05, 0.1) is 14.2 Å². The van der Waals surface area contributed by atoms with Crippen LogP contribution in [0.1, 0.15) is 17.4 Å². The van der Waals surface area contributed by atoms with E-state index in [1.165, 1.54) is 14.2 Å². The average molecular weight is 367 g/mol.